The maximum Gasteiger partial charge on any atom is 0.308 e. The van der Waals surface area contributed by atoms with Gasteiger partial charge in [0.1, 0.15) is 0 Å². The molecule has 1 fully saturated rings. The molecule has 1 aliphatic rings. The average molecular weight is 129 g/mol. The van der Waals surface area contributed by atoms with Crippen LogP contribution < -0.4 is 0 Å². The van der Waals surface area contributed by atoms with Crippen molar-refractivity contribution in [3.63, 3.8) is 0 Å². The van der Waals surface area contributed by atoms with Crippen LogP contribution in [0.2, 0.25) is 0 Å². The molecule has 1 radical (unpaired) electrons. The Morgan fingerprint density at radius 1 is 1.56 bits per heavy atom. The van der Waals surface area contributed by atoms with Crippen LogP contribution in [0, 0.1) is 5.92 Å². The maximum atomic E-state index is 10.6. The van der Waals surface area contributed by atoms with E-state index in [1.54, 1.807) is 0 Å². The summed E-state index contributed by atoms with van der Waals surface area (Å²) in [6, 6.07) is 0. The fourth-order valence-electron chi connectivity index (χ4n) is 0.925. The Morgan fingerprint density at radius 3 is 2.44 bits per heavy atom. The van der Waals surface area contributed by atoms with E-state index in [1.807, 2.05) is 0 Å². The molecule has 0 amide bonds. The van der Waals surface area contributed by atoms with Crippen LogP contribution in [0.4, 0.5) is 0 Å². The summed E-state index contributed by atoms with van der Waals surface area (Å²) in [5, 5.41) is 10.4. The molecule has 0 unspecified atom stereocenters. The number of hydrogen-bond acceptors (Lipinski definition) is 2. The van der Waals surface area contributed by atoms with Gasteiger partial charge >= 0.3 is 5.97 Å². The molecule has 3 nitrogen and oxygen atoms in total. The highest BCUT2D eigenvalue weighted by molar-refractivity contribution is 5.73. The van der Waals surface area contributed by atoms with E-state index in [0.717, 1.165) is 0 Å². The van der Waals surface area contributed by atoms with E-state index >= 15 is 0 Å². The van der Waals surface area contributed by atoms with Crippen molar-refractivity contribution < 1.29 is 14.6 Å². The molecule has 3 heteroatoms. The first kappa shape index (κ1) is 6.55. The number of carbonyl (C=O) groups is 1. The third kappa shape index (κ3) is 1.21. The number of methoxy groups -OCH3 is 1. The van der Waals surface area contributed by atoms with Gasteiger partial charge in [-0.3, -0.25) is 4.79 Å². The Morgan fingerprint density at radius 2 is 2.11 bits per heavy atom. The molecule has 0 bridgehead atoms. The van der Waals surface area contributed by atoms with E-state index < -0.39 is 6.10 Å². The van der Waals surface area contributed by atoms with Gasteiger partial charge in [0.05, 0.1) is 19.1 Å². The van der Waals surface area contributed by atoms with Crippen LogP contribution in [0.1, 0.15) is 12.8 Å². The Bertz CT molecular complexity index is 115. The highest BCUT2D eigenvalue weighted by Crippen LogP contribution is 2.28. The summed E-state index contributed by atoms with van der Waals surface area (Å²) in [5.74, 6) is -0.334. The fraction of sp³-hybridized carbons (Fsp3) is 0.833. The van der Waals surface area contributed by atoms with Gasteiger partial charge in [-0.1, -0.05) is 0 Å². The standard InChI is InChI=1S/C6H9O3/c1-9-6(8)4-2-5(7)3-4/h4-5H,2-3H2,1H3. The predicted octanol–water partition coefficient (Wildman–Crippen LogP) is 0.368. The molecule has 9 heavy (non-hydrogen) atoms. The zero-order valence-corrected chi connectivity index (χ0v) is 5.29. The molecular weight excluding hydrogens is 120 g/mol. The van der Waals surface area contributed by atoms with Gasteiger partial charge in [0.25, 0.3) is 0 Å². The molecule has 0 spiro atoms. The van der Waals surface area contributed by atoms with Crippen molar-refractivity contribution in [3.8, 4) is 0 Å². The third-order valence-electron chi connectivity index (χ3n) is 1.63. The van der Waals surface area contributed by atoms with Crippen LogP contribution in [0.15, 0.2) is 0 Å². The van der Waals surface area contributed by atoms with Gasteiger partial charge in [-0.15, -0.1) is 0 Å². The van der Waals surface area contributed by atoms with Crippen LogP contribution >= 0.6 is 0 Å². The van der Waals surface area contributed by atoms with Gasteiger partial charge in [0.2, 0.25) is 0 Å². The number of hydrogen-bond donors (Lipinski definition) is 0. The summed E-state index contributed by atoms with van der Waals surface area (Å²) in [7, 11) is 1.35. The molecule has 1 aliphatic carbocycles. The largest absolute Gasteiger partial charge is 0.469 e. The lowest BCUT2D eigenvalue weighted by Gasteiger charge is -2.26. The summed E-state index contributed by atoms with van der Waals surface area (Å²) in [4.78, 5) is 10.6. The lowest BCUT2D eigenvalue weighted by Crippen LogP contribution is -2.33. The van der Waals surface area contributed by atoms with Crippen molar-refractivity contribution >= 4 is 5.97 Å². The summed E-state index contributed by atoms with van der Waals surface area (Å²) < 4.78 is 4.42. The number of carbonyl (C=O) groups excluding carboxylic acids is 1. The highest BCUT2D eigenvalue weighted by atomic mass is 16.5. The summed E-state index contributed by atoms with van der Waals surface area (Å²) in [6.07, 6.45) is 0.411. The topological polar surface area (TPSA) is 46.2 Å². The monoisotopic (exact) mass is 129 g/mol. The molecular formula is C6H9O3. The number of ether oxygens (including phenoxy) is 1. The van der Waals surface area contributed by atoms with E-state index in [0.29, 0.717) is 12.8 Å². The first-order chi connectivity index (χ1) is 4.24. The molecule has 1 saturated carbocycles. The molecule has 0 aromatic rings. The SMILES string of the molecule is COC(=O)C1CC([O])C1. The maximum absolute atomic E-state index is 10.6. The molecule has 0 aromatic carbocycles. The van der Waals surface area contributed by atoms with Gasteiger partial charge < -0.3 is 4.74 Å². The number of esters is 1. The third-order valence-corrected chi connectivity index (χ3v) is 1.63. The second-order valence-electron chi connectivity index (χ2n) is 2.31. The van der Waals surface area contributed by atoms with Crippen molar-refractivity contribution in [3.05, 3.63) is 0 Å². The zero-order valence-electron chi connectivity index (χ0n) is 5.29. The van der Waals surface area contributed by atoms with Crippen molar-refractivity contribution in [1.29, 1.82) is 0 Å². The van der Waals surface area contributed by atoms with Gasteiger partial charge in [0, 0.05) is 0 Å². The Balaban J connectivity index is 2.23. The second-order valence-corrected chi connectivity index (χ2v) is 2.31. The van der Waals surface area contributed by atoms with Gasteiger partial charge in [-0.2, -0.15) is 0 Å². The first-order valence-electron chi connectivity index (χ1n) is 2.97. The van der Waals surface area contributed by atoms with Crippen LogP contribution in [-0.2, 0) is 14.6 Å². The average Bonchev–Trinajstić information content (AvgIpc) is 1.79. The van der Waals surface area contributed by atoms with Gasteiger partial charge in [-0.05, 0) is 12.8 Å². The molecule has 0 aromatic heterocycles. The Hall–Kier alpha value is -0.570. The quantitative estimate of drug-likeness (QED) is 0.480. The Kier molecular flexibility index (Phi) is 1.71. The minimum atomic E-state index is -0.519. The molecule has 0 heterocycles. The second kappa shape index (κ2) is 2.35. The van der Waals surface area contributed by atoms with E-state index in [9.17, 15) is 9.90 Å². The molecule has 51 valence electrons. The molecule has 0 atom stereocenters. The van der Waals surface area contributed by atoms with E-state index in [4.69, 9.17) is 0 Å². The normalized spacial score (nSPS) is 33.1. The summed E-state index contributed by atoms with van der Waals surface area (Å²) >= 11 is 0. The van der Waals surface area contributed by atoms with Crippen molar-refractivity contribution in [2.75, 3.05) is 7.11 Å². The van der Waals surface area contributed by atoms with Gasteiger partial charge in [0.15, 0.2) is 0 Å². The summed E-state index contributed by atoms with van der Waals surface area (Å²) in [6.45, 7) is 0. The Labute approximate surface area is 53.6 Å². The molecule has 0 N–H and O–H groups in total. The van der Waals surface area contributed by atoms with E-state index in [-0.39, 0.29) is 11.9 Å². The molecule has 1 rings (SSSR count). The van der Waals surface area contributed by atoms with Crippen molar-refractivity contribution in [2.45, 2.75) is 18.9 Å². The fourth-order valence-corrected chi connectivity index (χ4v) is 0.925. The van der Waals surface area contributed by atoms with Crippen LogP contribution in [-0.4, -0.2) is 19.2 Å². The van der Waals surface area contributed by atoms with E-state index in [1.165, 1.54) is 7.11 Å². The molecule has 0 saturated heterocycles. The minimum Gasteiger partial charge on any atom is -0.469 e. The highest BCUT2D eigenvalue weighted by Gasteiger charge is 2.34. The molecule has 0 aliphatic heterocycles. The van der Waals surface area contributed by atoms with Crippen molar-refractivity contribution in [2.24, 2.45) is 5.92 Å². The van der Waals surface area contributed by atoms with Crippen molar-refractivity contribution in [1.82, 2.24) is 0 Å². The van der Waals surface area contributed by atoms with Crippen LogP contribution in [0.3, 0.4) is 0 Å². The van der Waals surface area contributed by atoms with Crippen LogP contribution in [0.25, 0.3) is 0 Å². The van der Waals surface area contributed by atoms with Crippen LogP contribution in [0.5, 0.6) is 0 Å². The smallest absolute Gasteiger partial charge is 0.308 e. The number of rotatable bonds is 1. The lowest BCUT2D eigenvalue weighted by atomic mass is 9.83. The van der Waals surface area contributed by atoms with E-state index in [2.05, 4.69) is 4.74 Å². The minimum absolute atomic E-state index is 0.0995. The predicted molar refractivity (Wildman–Crippen MR) is 29.2 cm³/mol. The van der Waals surface area contributed by atoms with Gasteiger partial charge in [-0.25, -0.2) is 5.11 Å². The first-order valence-corrected chi connectivity index (χ1v) is 2.97. The summed E-state index contributed by atoms with van der Waals surface area (Å²) in [5.41, 5.74) is 0. The lowest BCUT2D eigenvalue weighted by molar-refractivity contribution is -0.154. The zero-order chi connectivity index (χ0) is 6.85.